The molecule has 0 bridgehead atoms. The minimum absolute atomic E-state index is 0.0543. The van der Waals surface area contributed by atoms with Crippen molar-refractivity contribution < 1.29 is 4.79 Å². The lowest BCUT2D eigenvalue weighted by molar-refractivity contribution is -0.128. The summed E-state index contributed by atoms with van der Waals surface area (Å²) in [6.45, 7) is 7.16. The Bertz CT molecular complexity index is 874. The van der Waals surface area contributed by atoms with Gasteiger partial charge in [-0.15, -0.1) is 21.5 Å². The van der Waals surface area contributed by atoms with Gasteiger partial charge in [0.15, 0.2) is 4.34 Å². The molecular weight excluding hydrogens is 398 g/mol. The molecule has 2 heterocycles. The van der Waals surface area contributed by atoms with Gasteiger partial charge in [0, 0.05) is 13.6 Å². The summed E-state index contributed by atoms with van der Waals surface area (Å²) < 4.78 is 1.94. The van der Waals surface area contributed by atoms with E-state index in [1.807, 2.05) is 32.2 Å². The molecule has 0 saturated heterocycles. The van der Waals surface area contributed by atoms with Gasteiger partial charge in [0.2, 0.25) is 11.0 Å². The van der Waals surface area contributed by atoms with Crippen molar-refractivity contribution in [2.24, 2.45) is 5.92 Å². The fourth-order valence-electron chi connectivity index (χ4n) is 2.31. The van der Waals surface area contributed by atoms with E-state index in [0.29, 0.717) is 11.7 Å². The van der Waals surface area contributed by atoms with Gasteiger partial charge in [0.1, 0.15) is 5.01 Å². The smallest absolute Gasteiger partial charge is 0.233 e. The molecule has 6 nitrogen and oxygen atoms in total. The maximum Gasteiger partial charge on any atom is 0.233 e. The Hall–Kier alpha value is -1.71. The number of thiazole rings is 1. The van der Waals surface area contributed by atoms with Crippen LogP contribution in [0.1, 0.15) is 31.8 Å². The zero-order valence-corrected chi connectivity index (χ0v) is 18.2. The molecule has 0 saturated carbocycles. The van der Waals surface area contributed by atoms with Crippen LogP contribution in [0.2, 0.25) is 0 Å². The highest BCUT2D eigenvalue weighted by Gasteiger charge is 2.21. The van der Waals surface area contributed by atoms with E-state index in [9.17, 15) is 4.79 Å². The number of carbonyl (C=O) groups is 1. The lowest BCUT2D eigenvalue weighted by Gasteiger charge is -2.22. The quantitative estimate of drug-likeness (QED) is 0.539. The second-order valence-corrected chi connectivity index (χ2v) is 9.90. The lowest BCUT2D eigenvalue weighted by atomic mass is 10.2. The Morgan fingerprint density at radius 1 is 1.22 bits per heavy atom. The number of thioether (sulfide) groups is 1. The van der Waals surface area contributed by atoms with Crippen LogP contribution in [0.3, 0.4) is 0 Å². The van der Waals surface area contributed by atoms with Gasteiger partial charge >= 0.3 is 0 Å². The van der Waals surface area contributed by atoms with Crippen molar-refractivity contribution in [3.63, 3.8) is 0 Å². The molecule has 0 unspecified atom stereocenters. The van der Waals surface area contributed by atoms with Crippen LogP contribution in [0.5, 0.6) is 0 Å². The summed E-state index contributed by atoms with van der Waals surface area (Å²) in [6.07, 6.45) is 0. The molecule has 9 heteroatoms. The molecule has 1 amide bonds. The molecule has 0 aliphatic carbocycles. The second-order valence-electron chi connectivity index (χ2n) is 6.64. The Labute approximate surface area is 171 Å². The van der Waals surface area contributed by atoms with E-state index in [0.717, 1.165) is 31.2 Å². The molecule has 3 rings (SSSR count). The van der Waals surface area contributed by atoms with Crippen LogP contribution in [0.15, 0.2) is 28.6 Å². The number of rotatable bonds is 8. The maximum absolute atomic E-state index is 12.6. The van der Waals surface area contributed by atoms with Crippen LogP contribution >= 0.6 is 34.4 Å². The zero-order chi connectivity index (χ0) is 19.4. The number of aromatic nitrogens is 3. The summed E-state index contributed by atoms with van der Waals surface area (Å²) in [5, 5.41) is 13.3. The monoisotopic (exact) mass is 421 g/mol. The summed E-state index contributed by atoms with van der Waals surface area (Å²) in [4.78, 5) is 19.0. The molecule has 0 aliphatic rings. The minimum atomic E-state index is -0.0619. The van der Waals surface area contributed by atoms with Crippen LogP contribution < -0.4 is 5.32 Å². The summed E-state index contributed by atoms with van der Waals surface area (Å²) in [5.41, 5.74) is 0.981. The number of carbonyl (C=O) groups excluding carboxylic acids is 1. The predicted octanol–water partition coefficient (Wildman–Crippen LogP) is 4.53. The highest BCUT2D eigenvalue weighted by Crippen LogP contribution is 2.30. The van der Waals surface area contributed by atoms with Crippen LogP contribution in [0.25, 0.3) is 10.2 Å². The van der Waals surface area contributed by atoms with E-state index >= 15 is 0 Å². The van der Waals surface area contributed by atoms with Gasteiger partial charge in [0.25, 0.3) is 0 Å². The van der Waals surface area contributed by atoms with E-state index < -0.39 is 0 Å². The number of benzene rings is 1. The van der Waals surface area contributed by atoms with Crippen molar-refractivity contribution in [3.8, 4) is 0 Å². The number of hydrogen-bond acceptors (Lipinski definition) is 8. The van der Waals surface area contributed by atoms with Crippen molar-refractivity contribution in [1.82, 2.24) is 20.1 Å². The summed E-state index contributed by atoms with van der Waals surface area (Å²) in [7, 11) is 1.83. The van der Waals surface area contributed by atoms with Gasteiger partial charge < -0.3 is 10.2 Å². The normalized spacial score (nSPS) is 12.5. The molecule has 0 fully saturated rings. The van der Waals surface area contributed by atoms with E-state index in [1.54, 1.807) is 16.2 Å². The largest absolute Gasteiger partial charge is 0.360 e. The van der Waals surface area contributed by atoms with Crippen molar-refractivity contribution in [2.45, 2.75) is 31.2 Å². The SMILES string of the molecule is CC(C)CNc1nnc(SCC(=O)N(C)[C@H](C)c2nc3ccccc3s2)s1. The molecule has 0 aliphatic heterocycles. The molecule has 2 aromatic heterocycles. The van der Waals surface area contributed by atoms with E-state index in [-0.39, 0.29) is 11.9 Å². The molecule has 3 aromatic rings. The molecule has 0 radical (unpaired) electrons. The Morgan fingerprint density at radius 3 is 2.74 bits per heavy atom. The highest BCUT2D eigenvalue weighted by atomic mass is 32.2. The summed E-state index contributed by atoms with van der Waals surface area (Å²) in [5.74, 6) is 0.938. The Kier molecular flexibility index (Phi) is 6.67. The van der Waals surface area contributed by atoms with Gasteiger partial charge in [-0.25, -0.2) is 4.98 Å². The second kappa shape index (κ2) is 8.99. The molecule has 1 N–H and O–H groups in total. The van der Waals surface area contributed by atoms with Crippen molar-refractivity contribution >= 4 is 55.7 Å². The molecular formula is C18H23N5OS3. The zero-order valence-electron chi connectivity index (χ0n) is 15.8. The highest BCUT2D eigenvalue weighted by molar-refractivity contribution is 8.01. The predicted molar refractivity (Wildman–Crippen MR) is 115 cm³/mol. The topological polar surface area (TPSA) is 71.0 Å². The first kappa shape index (κ1) is 20.0. The minimum Gasteiger partial charge on any atom is -0.360 e. The van der Waals surface area contributed by atoms with Crippen LogP contribution in [0.4, 0.5) is 5.13 Å². The first-order valence-corrected chi connectivity index (χ1v) is 11.4. The van der Waals surface area contributed by atoms with Crippen molar-refractivity contribution in [3.05, 3.63) is 29.3 Å². The molecule has 144 valence electrons. The van der Waals surface area contributed by atoms with Crippen LogP contribution in [0, 0.1) is 5.92 Å². The third kappa shape index (κ3) is 5.18. The fraction of sp³-hybridized carbons (Fsp3) is 0.444. The number of amides is 1. The Balaban J connectivity index is 1.55. The third-order valence-electron chi connectivity index (χ3n) is 4.03. The first-order chi connectivity index (χ1) is 12.9. The fourth-order valence-corrected chi connectivity index (χ4v) is 5.05. The Morgan fingerprint density at radius 2 is 2.00 bits per heavy atom. The molecule has 27 heavy (non-hydrogen) atoms. The van der Waals surface area contributed by atoms with E-state index in [1.165, 1.54) is 23.1 Å². The number of nitrogens with zero attached hydrogens (tertiary/aromatic N) is 4. The average Bonchev–Trinajstić information content (AvgIpc) is 3.29. The molecule has 1 aromatic carbocycles. The third-order valence-corrected chi connectivity index (χ3v) is 7.23. The number of hydrogen-bond donors (Lipinski definition) is 1. The van der Waals surface area contributed by atoms with Crippen molar-refractivity contribution in [2.75, 3.05) is 24.7 Å². The summed E-state index contributed by atoms with van der Waals surface area (Å²) >= 11 is 4.55. The average molecular weight is 422 g/mol. The van der Waals surface area contributed by atoms with Gasteiger partial charge in [-0.2, -0.15) is 0 Å². The molecule has 1 atom stereocenters. The standard InChI is InChI=1S/C18H23N5OS3/c1-11(2)9-19-17-21-22-18(27-17)25-10-15(24)23(4)12(3)16-20-13-7-5-6-8-14(13)26-16/h5-8,11-12H,9-10H2,1-4H3,(H,19,21)/t12-/m1/s1. The van der Waals surface area contributed by atoms with Crippen LogP contribution in [-0.4, -0.2) is 45.3 Å². The maximum atomic E-state index is 12.6. The lowest BCUT2D eigenvalue weighted by Crippen LogP contribution is -2.31. The van der Waals surface area contributed by atoms with E-state index in [4.69, 9.17) is 0 Å². The number of para-hydroxylation sites is 1. The van der Waals surface area contributed by atoms with Gasteiger partial charge in [-0.05, 0) is 25.0 Å². The van der Waals surface area contributed by atoms with Gasteiger partial charge in [-0.1, -0.05) is 49.1 Å². The van der Waals surface area contributed by atoms with E-state index in [2.05, 4.69) is 40.4 Å². The van der Waals surface area contributed by atoms with Gasteiger partial charge in [-0.3, -0.25) is 4.79 Å². The van der Waals surface area contributed by atoms with Crippen LogP contribution in [-0.2, 0) is 4.79 Å². The molecule has 0 spiro atoms. The number of anilines is 1. The van der Waals surface area contributed by atoms with Crippen molar-refractivity contribution in [1.29, 1.82) is 0 Å². The van der Waals surface area contributed by atoms with Gasteiger partial charge in [0.05, 0.1) is 22.0 Å². The number of fused-ring (bicyclic) bond motifs is 1. The first-order valence-electron chi connectivity index (χ1n) is 8.75. The number of nitrogens with one attached hydrogen (secondary N) is 1. The summed E-state index contributed by atoms with van der Waals surface area (Å²) in [6, 6.07) is 7.98.